The zero-order chi connectivity index (χ0) is 19.8. The first-order valence-corrected chi connectivity index (χ1v) is 9.50. The Balaban J connectivity index is 0.000000697. The van der Waals surface area contributed by atoms with E-state index < -0.39 is 48.5 Å². The molecule has 0 fully saturated rings. The Hall–Kier alpha value is -0.280. The third kappa shape index (κ3) is 7.09. The van der Waals surface area contributed by atoms with E-state index in [4.69, 9.17) is 19.6 Å². The van der Waals surface area contributed by atoms with Crippen LogP contribution in [0.5, 0.6) is 0 Å². The molecule has 25 heavy (non-hydrogen) atoms. The van der Waals surface area contributed by atoms with E-state index in [1.807, 2.05) is 32.9 Å². The number of benzene rings is 1. The van der Waals surface area contributed by atoms with Gasteiger partial charge in [-0.25, -0.2) is 4.31 Å². The highest BCUT2D eigenvalue weighted by Crippen LogP contribution is 2.41. The smallest absolute Gasteiger partial charge is 0.334 e. The molecule has 0 saturated heterocycles. The van der Waals surface area contributed by atoms with E-state index in [9.17, 15) is 20.4 Å². The minimum Gasteiger partial charge on any atom is -0.395 e. The monoisotopic (exact) mass is 400 g/mol. The van der Waals surface area contributed by atoms with Crippen LogP contribution in [0.25, 0.3) is 0 Å². The minimum absolute atomic E-state index is 0.478. The molecule has 0 aromatic heterocycles. The molecule has 0 amide bonds. The third-order valence-electron chi connectivity index (χ3n) is 3.95. The fourth-order valence-corrected chi connectivity index (χ4v) is 2.70. The summed E-state index contributed by atoms with van der Waals surface area (Å²) >= 11 is 0. The molecule has 1 atom stereocenters. The molecule has 9 nitrogen and oxygen atoms in total. The van der Waals surface area contributed by atoms with Crippen molar-refractivity contribution in [2.75, 3.05) is 19.8 Å². The summed E-state index contributed by atoms with van der Waals surface area (Å²) in [5, 5.41) is 38.6. The Morgan fingerprint density at radius 1 is 0.880 bits per heavy atom. The zero-order valence-corrected chi connectivity index (χ0v) is 16.0. The number of aliphatic hydroxyl groups excluding tert-OH is 4. The molecule has 0 aliphatic heterocycles. The van der Waals surface area contributed by atoms with Crippen LogP contribution in [-0.4, -0.2) is 59.8 Å². The Morgan fingerprint density at radius 2 is 1.28 bits per heavy atom. The SMILES string of the molecule is Cc1ccc(C)c(C(O)C(CO)(CO)CO)c1C.OP(O)OP(O)O. The van der Waals surface area contributed by atoms with Crippen molar-refractivity contribution >= 4 is 17.2 Å². The molecule has 0 saturated carbocycles. The van der Waals surface area contributed by atoms with Crippen LogP contribution in [0.2, 0.25) is 0 Å². The van der Waals surface area contributed by atoms with Gasteiger partial charge in [0.05, 0.1) is 31.3 Å². The topological polar surface area (TPSA) is 171 Å². The summed E-state index contributed by atoms with van der Waals surface area (Å²) in [6.45, 7) is 4.25. The van der Waals surface area contributed by atoms with Crippen molar-refractivity contribution in [3.63, 3.8) is 0 Å². The van der Waals surface area contributed by atoms with Crippen molar-refractivity contribution in [3.8, 4) is 0 Å². The van der Waals surface area contributed by atoms with E-state index in [1.165, 1.54) is 0 Å². The van der Waals surface area contributed by atoms with E-state index in [1.54, 1.807) is 0 Å². The predicted molar refractivity (Wildman–Crippen MR) is 93.1 cm³/mol. The van der Waals surface area contributed by atoms with Crippen LogP contribution in [0.1, 0.15) is 28.4 Å². The molecule has 0 aliphatic carbocycles. The minimum atomic E-state index is -2.61. The molecule has 0 spiro atoms. The van der Waals surface area contributed by atoms with Gasteiger partial charge in [0.1, 0.15) is 0 Å². The second kappa shape index (κ2) is 11.4. The lowest BCUT2D eigenvalue weighted by molar-refractivity contribution is -0.0856. The molecule has 146 valence electrons. The third-order valence-corrected chi connectivity index (χ3v) is 5.12. The van der Waals surface area contributed by atoms with Gasteiger partial charge in [0.15, 0.2) is 0 Å². The first-order chi connectivity index (χ1) is 11.6. The summed E-state index contributed by atoms with van der Waals surface area (Å²) in [6, 6.07) is 3.84. The van der Waals surface area contributed by atoms with Crippen molar-refractivity contribution in [1.29, 1.82) is 0 Å². The Labute approximate surface area is 148 Å². The van der Waals surface area contributed by atoms with Crippen molar-refractivity contribution in [2.45, 2.75) is 26.9 Å². The number of rotatable bonds is 7. The van der Waals surface area contributed by atoms with Crippen molar-refractivity contribution in [1.82, 2.24) is 0 Å². The Kier molecular flexibility index (Phi) is 11.3. The van der Waals surface area contributed by atoms with Crippen LogP contribution in [0.3, 0.4) is 0 Å². The van der Waals surface area contributed by atoms with Gasteiger partial charge in [0, 0.05) is 0 Å². The van der Waals surface area contributed by atoms with E-state index >= 15 is 0 Å². The van der Waals surface area contributed by atoms with Gasteiger partial charge < -0.3 is 40.0 Å². The van der Waals surface area contributed by atoms with Gasteiger partial charge in [-0.15, -0.1) is 0 Å². The lowest BCUT2D eigenvalue weighted by atomic mass is 9.77. The van der Waals surface area contributed by atoms with E-state index in [0.717, 1.165) is 16.7 Å². The average molecular weight is 400 g/mol. The summed E-state index contributed by atoms with van der Waals surface area (Å²) in [7, 11) is -5.22. The highest BCUT2D eigenvalue weighted by molar-refractivity contribution is 7.53. The van der Waals surface area contributed by atoms with Crippen LogP contribution in [0.4, 0.5) is 0 Å². The van der Waals surface area contributed by atoms with Gasteiger partial charge >= 0.3 is 17.2 Å². The fourth-order valence-electron chi connectivity index (χ4n) is 2.17. The van der Waals surface area contributed by atoms with Crippen LogP contribution in [0.15, 0.2) is 12.1 Å². The van der Waals surface area contributed by atoms with Gasteiger partial charge in [-0.1, -0.05) is 12.1 Å². The molecule has 0 aliphatic rings. The summed E-state index contributed by atoms with van der Waals surface area (Å²) in [6.07, 6.45) is -1.10. The van der Waals surface area contributed by atoms with Crippen LogP contribution in [0, 0.1) is 26.2 Å². The van der Waals surface area contributed by atoms with Crippen molar-refractivity contribution < 1.29 is 44.3 Å². The maximum Gasteiger partial charge on any atom is 0.334 e. The van der Waals surface area contributed by atoms with E-state index in [-0.39, 0.29) is 0 Å². The maximum absolute atomic E-state index is 10.4. The van der Waals surface area contributed by atoms with E-state index in [2.05, 4.69) is 4.31 Å². The quantitative estimate of drug-likeness (QED) is 0.294. The predicted octanol–water partition coefficient (Wildman–Crippen LogP) is 0.0346. The lowest BCUT2D eigenvalue weighted by Gasteiger charge is -2.34. The molecular weight excluding hydrogens is 374 g/mol. The molecule has 8 N–H and O–H groups in total. The summed E-state index contributed by atoms with van der Waals surface area (Å²) in [4.78, 5) is 31.3. The van der Waals surface area contributed by atoms with Crippen LogP contribution < -0.4 is 0 Å². The van der Waals surface area contributed by atoms with Crippen LogP contribution in [-0.2, 0) is 4.31 Å². The largest absolute Gasteiger partial charge is 0.395 e. The molecule has 1 rings (SSSR count). The number of aliphatic hydroxyl groups is 4. The lowest BCUT2D eigenvalue weighted by Crippen LogP contribution is -2.40. The summed E-state index contributed by atoms with van der Waals surface area (Å²) < 4.78 is 3.60. The van der Waals surface area contributed by atoms with Gasteiger partial charge in [-0.3, -0.25) is 0 Å². The van der Waals surface area contributed by atoms with Gasteiger partial charge in [-0.05, 0) is 43.0 Å². The Bertz CT molecular complexity index is 507. The normalized spacial score (nSPS) is 13.0. The molecule has 0 bridgehead atoms. The first kappa shape index (κ1) is 24.7. The second-order valence-electron chi connectivity index (χ2n) is 5.56. The maximum atomic E-state index is 10.4. The average Bonchev–Trinajstić information content (AvgIpc) is 2.53. The zero-order valence-electron chi connectivity index (χ0n) is 14.2. The summed E-state index contributed by atoms with van der Waals surface area (Å²) in [5.41, 5.74) is 2.18. The molecular formula is C14H26O9P2. The first-order valence-electron chi connectivity index (χ1n) is 7.17. The molecule has 1 aromatic rings. The molecule has 0 radical (unpaired) electrons. The fraction of sp³-hybridized carbons (Fsp3) is 0.571. The number of aryl methyl sites for hydroxylation is 2. The molecule has 0 heterocycles. The standard InChI is InChI=1S/C14H22O4.H4O5P2/c1-9-4-5-10(2)12(11(9)3)13(18)14(6-15,7-16)8-17;1-6(2)5-7(3)4/h4-5,13,15-18H,6-8H2,1-3H3;1-4H. The van der Waals surface area contributed by atoms with Gasteiger partial charge in [0.2, 0.25) is 0 Å². The van der Waals surface area contributed by atoms with Crippen molar-refractivity contribution in [3.05, 3.63) is 34.4 Å². The number of hydrogen-bond donors (Lipinski definition) is 8. The summed E-state index contributed by atoms with van der Waals surface area (Å²) in [5.74, 6) is 0. The molecule has 1 unspecified atom stereocenters. The molecule has 11 heteroatoms. The highest BCUT2D eigenvalue weighted by atomic mass is 31.2. The van der Waals surface area contributed by atoms with Crippen LogP contribution >= 0.6 is 17.2 Å². The van der Waals surface area contributed by atoms with Gasteiger partial charge in [-0.2, -0.15) is 0 Å². The number of hydrogen-bond acceptors (Lipinski definition) is 9. The Morgan fingerprint density at radius 3 is 1.60 bits per heavy atom. The highest BCUT2D eigenvalue weighted by Gasteiger charge is 2.39. The van der Waals surface area contributed by atoms with Crippen molar-refractivity contribution in [2.24, 2.45) is 5.41 Å². The molecule has 1 aromatic carbocycles. The second-order valence-corrected chi connectivity index (χ2v) is 7.23. The van der Waals surface area contributed by atoms with Gasteiger partial charge in [0.25, 0.3) is 0 Å². The van der Waals surface area contributed by atoms with E-state index in [0.29, 0.717) is 5.56 Å².